The zero-order valence-electron chi connectivity index (χ0n) is 19.0. The Morgan fingerprint density at radius 2 is 1.94 bits per heavy atom. The van der Waals surface area contributed by atoms with E-state index < -0.39 is 5.60 Å². The predicted molar refractivity (Wildman–Crippen MR) is 131 cm³/mol. The first-order valence-electron chi connectivity index (χ1n) is 11.7. The van der Waals surface area contributed by atoms with Crippen LogP contribution in [0, 0.1) is 5.92 Å². The summed E-state index contributed by atoms with van der Waals surface area (Å²) in [6, 6.07) is 17.5. The second-order valence-electron chi connectivity index (χ2n) is 9.35. The van der Waals surface area contributed by atoms with Crippen molar-refractivity contribution in [1.82, 2.24) is 0 Å². The zero-order valence-corrected chi connectivity index (χ0v) is 19.0. The van der Waals surface area contributed by atoms with Crippen LogP contribution in [0.5, 0.6) is 0 Å². The Kier molecular flexibility index (Phi) is 4.66. The molecule has 0 saturated carbocycles. The molecule has 3 aromatic carbocycles. The molecular weight excluding hydrogens is 428 g/mol. The first-order chi connectivity index (χ1) is 16.5. The molecule has 3 aliphatic heterocycles. The van der Waals surface area contributed by atoms with Gasteiger partial charge >= 0.3 is 0 Å². The highest BCUT2D eigenvalue weighted by Crippen LogP contribution is 2.55. The first kappa shape index (κ1) is 21.1. The monoisotopic (exact) mass is 454 g/mol. The highest BCUT2D eigenvalue weighted by molar-refractivity contribution is 6.28. The third-order valence-electron chi connectivity index (χ3n) is 7.47. The van der Waals surface area contributed by atoms with E-state index in [2.05, 4.69) is 6.58 Å². The quantitative estimate of drug-likeness (QED) is 0.569. The van der Waals surface area contributed by atoms with Crippen LogP contribution in [0.15, 0.2) is 67.3 Å². The fourth-order valence-electron chi connectivity index (χ4n) is 6.00. The van der Waals surface area contributed by atoms with Crippen LogP contribution in [0.1, 0.15) is 35.7 Å². The van der Waals surface area contributed by atoms with Crippen LogP contribution in [0.25, 0.3) is 10.8 Å². The van der Waals surface area contributed by atoms with E-state index in [1.807, 2.05) is 61.5 Å². The van der Waals surface area contributed by atoms with Gasteiger partial charge in [-0.1, -0.05) is 37.3 Å². The third-order valence-corrected chi connectivity index (χ3v) is 7.47. The van der Waals surface area contributed by atoms with Crippen molar-refractivity contribution in [1.29, 1.82) is 0 Å². The summed E-state index contributed by atoms with van der Waals surface area (Å²) in [5.41, 5.74) is 2.67. The average molecular weight is 455 g/mol. The largest absolute Gasteiger partial charge is 0.396 e. The summed E-state index contributed by atoms with van der Waals surface area (Å²) < 4.78 is 6.45. The Balaban J connectivity index is 1.51. The number of hydrogen-bond donors (Lipinski definition) is 1. The Labute approximate surface area is 198 Å². The van der Waals surface area contributed by atoms with Gasteiger partial charge in [-0.25, -0.2) is 0 Å². The number of fused-ring (bicyclic) bond motifs is 2. The molecular formula is C28H26N2O4. The maximum absolute atomic E-state index is 13.8. The normalized spacial score (nSPS) is 25.1. The maximum atomic E-state index is 13.8. The molecule has 0 aromatic heterocycles. The summed E-state index contributed by atoms with van der Waals surface area (Å²) in [7, 11) is 0. The number of rotatable bonds is 5. The van der Waals surface area contributed by atoms with Crippen molar-refractivity contribution in [2.75, 3.05) is 23.0 Å². The minimum absolute atomic E-state index is 0.00939. The van der Waals surface area contributed by atoms with Gasteiger partial charge in [-0.3, -0.25) is 14.5 Å². The number of hydrogen-bond acceptors (Lipinski definition) is 4. The highest BCUT2D eigenvalue weighted by atomic mass is 16.5. The molecule has 0 radical (unpaired) electrons. The van der Waals surface area contributed by atoms with E-state index in [9.17, 15) is 14.7 Å². The molecule has 3 aromatic rings. The number of benzene rings is 3. The lowest BCUT2D eigenvalue weighted by atomic mass is 9.82. The molecule has 1 spiro atoms. The summed E-state index contributed by atoms with van der Waals surface area (Å²) in [5, 5.41) is 11.5. The van der Waals surface area contributed by atoms with Crippen LogP contribution < -0.4 is 9.80 Å². The molecule has 172 valence electrons. The number of carbonyl (C=O) groups excluding carboxylic acids is 2. The fraction of sp³-hybridized carbons (Fsp3) is 0.286. The minimum atomic E-state index is -1.13. The van der Waals surface area contributed by atoms with Gasteiger partial charge in [-0.05, 0) is 48.6 Å². The Hall–Kier alpha value is -3.48. The smallest absolute Gasteiger partial charge is 0.264 e. The number of aliphatic hydroxyl groups excluding tert-OH is 1. The van der Waals surface area contributed by atoms with E-state index in [-0.39, 0.29) is 30.4 Å². The van der Waals surface area contributed by atoms with Crippen molar-refractivity contribution < 1.29 is 19.4 Å². The van der Waals surface area contributed by atoms with Crippen LogP contribution in [0.4, 0.5) is 17.1 Å². The van der Waals surface area contributed by atoms with E-state index in [0.717, 1.165) is 27.7 Å². The molecule has 0 unspecified atom stereocenters. The molecule has 6 rings (SSSR count). The van der Waals surface area contributed by atoms with E-state index >= 15 is 0 Å². The topological polar surface area (TPSA) is 70.1 Å². The molecule has 3 atom stereocenters. The molecule has 2 amide bonds. The summed E-state index contributed by atoms with van der Waals surface area (Å²) in [6.45, 7) is 6.24. The van der Waals surface area contributed by atoms with Gasteiger partial charge in [0.15, 0.2) is 5.60 Å². The lowest BCUT2D eigenvalue weighted by Crippen LogP contribution is -2.44. The van der Waals surface area contributed by atoms with Gasteiger partial charge in [0.2, 0.25) is 0 Å². The molecule has 34 heavy (non-hydrogen) atoms. The van der Waals surface area contributed by atoms with E-state index in [0.29, 0.717) is 30.6 Å². The second kappa shape index (κ2) is 7.52. The molecule has 1 N–H and O–H groups in total. The van der Waals surface area contributed by atoms with Gasteiger partial charge in [0.25, 0.3) is 11.8 Å². The maximum Gasteiger partial charge on any atom is 0.264 e. The number of nitrogens with zero attached hydrogens (tertiary/aromatic N) is 2. The molecule has 0 bridgehead atoms. The van der Waals surface area contributed by atoms with Gasteiger partial charge in [-0.15, -0.1) is 6.58 Å². The van der Waals surface area contributed by atoms with Crippen molar-refractivity contribution >= 4 is 39.6 Å². The molecule has 6 heteroatoms. The van der Waals surface area contributed by atoms with E-state index in [4.69, 9.17) is 4.74 Å². The second-order valence-corrected chi connectivity index (χ2v) is 9.35. The summed E-state index contributed by atoms with van der Waals surface area (Å²) in [6.07, 6.45) is 2.68. The first-order valence-corrected chi connectivity index (χ1v) is 11.7. The number of amides is 2. The standard InChI is InChI=1S/C28H26N2O4/c1-3-13-29-23-11-10-19(16-22(23)28(27(29)33)17(2)15-20(34-28)12-14-31)30-24-9-5-7-18-6-4-8-21(25(18)24)26(30)32/h3-11,16-17,20,31H,1,12-15H2,2H3/t17-,20+,28+/m0/s1. The van der Waals surface area contributed by atoms with Crippen LogP contribution in [0.3, 0.4) is 0 Å². The summed E-state index contributed by atoms with van der Waals surface area (Å²) in [5.74, 6) is -0.257. The van der Waals surface area contributed by atoms with E-state index in [1.54, 1.807) is 15.9 Å². The van der Waals surface area contributed by atoms with Crippen LogP contribution in [-0.2, 0) is 15.1 Å². The van der Waals surface area contributed by atoms with Crippen LogP contribution >= 0.6 is 0 Å². The molecule has 1 saturated heterocycles. The number of carbonyl (C=O) groups is 2. The molecule has 6 nitrogen and oxygen atoms in total. The molecule has 3 aliphatic rings. The average Bonchev–Trinajstić information content (AvgIpc) is 3.40. The lowest BCUT2D eigenvalue weighted by Gasteiger charge is -2.28. The lowest BCUT2D eigenvalue weighted by molar-refractivity contribution is -0.146. The number of aliphatic hydroxyl groups is 1. The van der Waals surface area contributed by atoms with Crippen molar-refractivity contribution in [3.8, 4) is 0 Å². The van der Waals surface area contributed by atoms with Crippen LogP contribution in [-0.4, -0.2) is 36.2 Å². The summed E-state index contributed by atoms with van der Waals surface area (Å²) >= 11 is 0. The molecule has 3 heterocycles. The zero-order chi connectivity index (χ0) is 23.6. The van der Waals surface area contributed by atoms with Gasteiger partial charge in [-0.2, -0.15) is 0 Å². The molecule has 0 aliphatic carbocycles. The Morgan fingerprint density at radius 1 is 1.15 bits per heavy atom. The minimum Gasteiger partial charge on any atom is -0.396 e. The van der Waals surface area contributed by atoms with Crippen LogP contribution in [0.2, 0.25) is 0 Å². The predicted octanol–water partition coefficient (Wildman–Crippen LogP) is 4.67. The Morgan fingerprint density at radius 3 is 2.71 bits per heavy atom. The van der Waals surface area contributed by atoms with Crippen molar-refractivity contribution in [2.45, 2.75) is 31.5 Å². The Bertz CT molecular complexity index is 1360. The van der Waals surface area contributed by atoms with Gasteiger partial charge in [0, 0.05) is 35.7 Å². The number of ether oxygens (including phenoxy) is 1. The van der Waals surface area contributed by atoms with Crippen molar-refractivity contribution in [3.05, 3.63) is 78.4 Å². The summed E-state index contributed by atoms with van der Waals surface area (Å²) in [4.78, 5) is 30.7. The van der Waals surface area contributed by atoms with Gasteiger partial charge in [0.1, 0.15) is 0 Å². The van der Waals surface area contributed by atoms with E-state index in [1.165, 1.54) is 0 Å². The third kappa shape index (κ3) is 2.64. The van der Waals surface area contributed by atoms with Crippen molar-refractivity contribution in [2.24, 2.45) is 5.92 Å². The van der Waals surface area contributed by atoms with Crippen molar-refractivity contribution in [3.63, 3.8) is 0 Å². The SMILES string of the molecule is C=CCN1C(=O)[C@]2(O[C@H](CCO)C[C@@H]2C)c2cc(N3C(=O)c4cccc5cccc3c45)ccc21. The number of anilines is 3. The fourth-order valence-corrected chi connectivity index (χ4v) is 6.00. The van der Waals surface area contributed by atoms with Gasteiger partial charge in [0.05, 0.1) is 23.0 Å². The van der Waals surface area contributed by atoms with Gasteiger partial charge < -0.3 is 14.7 Å². The highest BCUT2D eigenvalue weighted by Gasteiger charge is 2.60. The molecule has 1 fully saturated rings.